The summed E-state index contributed by atoms with van der Waals surface area (Å²) in [6, 6.07) is 0. The quantitative estimate of drug-likeness (QED) is 0.382. The average molecular weight is 196 g/mol. The van der Waals surface area contributed by atoms with Gasteiger partial charge < -0.3 is 4.43 Å². The topological polar surface area (TPSA) is 9.23 Å². The molecule has 0 fully saturated rings. The molecule has 0 saturated carbocycles. The van der Waals surface area contributed by atoms with Gasteiger partial charge in [0.15, 0.2) is 0 Å². The maximum absolute atomic E-state index is 5.60. The number of hydrogen-bond acceptors (Lipinski definition) is 1. The first-order valence-corrected chi connectivity index (χ1v) is 8.15. The molecule has 74 valence electrons. The highest BCUT2D eigenvalue weighted by atomic mass is 28.4. The Morgan fingerprint density at radius 1 is 1.46 bits per heavy atom. The minimum Gasteiger partial charge on any atom is -0.539 e. The van der Waals surface area contributed by atoms with Crippen molar-refractivity contribution >= 4 is 8.32 Å². The van der Waals surface area contributed by atoms with Crippen molar-refractivity contribution in [3.8, 4) is 11.8 Å². The smallest absolute Gasteiger partial charge is 0.243 e. The Morgan fingerprint density at radius 3 is 2.38 bits per heavy atom. The second kappa shape index (κ2) is 5.13. The molecule has 0 N–H and O–H groups in total. The SMILES string of the molecule is C=C(C#CC(C)CC)O[Si](C)(C)C. The third kappa shape index (κ3) is 7.67. The molecule has 0 rings (SSSR count). The second-order valence-electron chi connectivity index (χ2n) is 4.22. The maximum atomic E-state index is 5.60. The first kappa shape index (κ1) is 12.3. The normalized spacial score (nSPS) is 12.7. The van der Waals surface area contributed by atoms with E-state index in [4.69, 9.17) is 4.43 Å². The molecule has 0 aromatic heterocycles. The molecule has 1 unspecified atom stereocenters. The predicted molar refractivity (Wildman–Crippen MR) is 60.8 cm³/mol. The zero-order chi connectivity index (χ0) is 10.5. The van der Waals surface area contributed by atoms with Gasteiger partial charge in [0.25, 0.3) is 0 Å². The van der Waals surface area contributed by atoms with Crippen LogP contribution in [0.15, 0.2) is 12.3 Å². The van der Waals surface area contributed by atoms with Gasteiger partial charge in [-0.2, -0.15) is 0 Å². The van der Waals surface area contributed by atoms with Crippen LogP contribution in [0.1, 0.15) is 20.3 Å². The summed E-state index contributed by atoms with van der Waals surface area (Å²) in [6.45, 7) is 14.4. The summed E-state index contributed by atoms with van der Waals surface area (Å²) in [5.41, 5.74) is 0. The molecular weight excluding hydrogens is 176 g/mol. The lowest BCUT2D eigenvalue weighted by Crippen LogP contribution is -2.24. The predicted octanol–water partition coefficient (Wildman–Crippen LogP) is 3.40. The number of allylic oxidation sites excluding steroid dienone is 1. The fourth-order valence-electron chi connectivity index (χ4n) is 0.701. The summed E-state index contributed by atoms with van der Waals surface area (Å²) in [4.78, 5) is 0. The molecule has 0 aliphatic heterocycles. The molecule has 0 radical (unpaired) electrons. The Bertz CT molecular complexity index is 227. The molecule has 0 heterocycles. The molecule has 13 heavy (non-hydrogen) atoms. The first-order valence-electron chi connectivity index (χ1n) is 4.74. The van der Waals surface area contributed by atoms with Gasteiger partial charge >= 0.3 is 0 Å². The van der Waals surface area contributed by atoms with Crippen molar-refractivity contribution in [1.82, 2.24) is 0 Å². The van der Waals surface area contributed by atoms with Crippen LogP contribution in [0.4, 0.5) is 0 Å². The second-order valence-corrected chi connectivity index (χ2v) is 8.65. The van der Waals surface area contributed by atoms with Gasteiger partial charge in [-0.15, -0.1) is 0 Å². The standard InChI is InChI=1S/C11H20OSi/c1-7-10(2)8-9-11(3)12-13(4,5)6/h10H,3,7H2,1-2,4-6H3. The third-order valence-corrected chi connectivity index (χ3v) is 2.36. The van der Waals surface area contributed by atoms with Crippen LogP contribution in [-0.4, -0.2) is 8.32 Å². The molecular formula is C11H20OSi. The largest absolute Gasteiger partial charge is 0.539 e. The van der Waals surface area contributed by atoms with Crippen molar-refractivity contribution in [2.45, 2.75) is 39.9 Å². The maximum Gasteiger partial charge on any atom is 0.243 e. The van der Waals surface area contributed by atoms with Crippen molar-refractivity contribution in [2.24, 2.45) is 5.92 Å². The fraction of sp³-hybridized carbons (Fsp3) is 0.636. The van der Waals surface area contributed by atoms with E-state index in [1.54, 1.807) is 0 Å². The van der Waals surface area contributed by atoms with Crippen LogP contribution < -0.4 is 0 Å². The molecule has 0 amide bonds. The zero-order valence-electron chi connectivity index (χ0n) is 9.40. The summed E-state index contributed by atoms with van der Waals surface area (Å²) in [7, 11) is -1.50. The van der Waals surface area contributed by atoms with E-state index in [9.17, 15) is 0 Å². The van der Waals surface area contributed by atoms with Crippen LogP contribution >= 0.6 is 0 Å². The minimum atomic E-state index is -1.50. The highest BCUT2D eigenvalue weighted by Gasteiger charge is 2.15. The van der Waals surface area contributed by atoms with E-state index in [1.807, 2.05) is 0 Å². The van der Waals surface area contributed by atoms with Crippen molar-refractivity contribution in [1.29, 1.82) is 0 Å². The average Bonchev–Trinajstić information content (AvgIpc) is 1.97. The molecule has 0 aromatic rings. The van der Waals surface area contributed by atoms with Gasteiger partial charge in [0.2, 0.25) is 8.32 Å². The molecule has 0 bridgehead atoms. The molecule has 1 nitrogen and oxygen atoms in total. The summed E-state index contributed by atoms with van der Waals surface area (Å²) < 4.78 is 5.60. The Balaban J connectivity index is 4.06. The van der Waals surface area contributed by atoms with Gasteiger partial charge in [-0.3, -0.25) is 0 Å². The van der Waals surface area contributed by atoms with E-state index in [2.05, 4.69) is 51.9 Å². The van der Waals surface area contributed by atoms with Crippen molar-refractivity contribution in [3.05, 3.63) is 12.3 Å². The third-order valence-electron chi connectivity index (χ3n) is 1.50. The van der Waals surface area contributed by atoms with Crippen LogP contribution in [0, 0.1) is 17.8 Å². The molecule has 2 heteroatoms. The highest BCUT2D eigenvalue weighted by Crippen LogP contribution is 2.08. The van der Waals surface area contributed by atoms with Crippen molar-refractivity contribution in [3.63, 3.8) is 0 Å². The molecule has 1 atom stereocenters. The van der Waals surface area contributed by atoms with Gasteiger partial charge in [0, 0.05) is 5.92 Å². The summed E-state index contributed by atoms with van der Waals surface area (Å²) in [6.07, 6.45) is 1.08. The lowest BCUT2D eigenvalue weighted by molar-refractivity contribution is 0.449. The van der Waals surface area contributed by atoms with Crippen LogP contribution in [-0.2, 0) is 4.43 Å². The van der Waals surface area contributed by atoms with E-state index < -0.39 is 8.32 Å². The van der Waals surface area contributed by atoms with Gasteiger partial charge in [0.05, 0.1) is 0 Å². The van der Waals surface area contributed by atoms with Gasteiger partial charge in [-0.05, 0) is 38.6 Å². The number of hydrogen-bond donors (Lipinski definition) is 0. The van der Waals surface area contributed by atoms with E-state index in [-0.39, 0.29) is 0 Å². The lowest BCUT2D eigenvalue weighted by atomic mass is 10.1. The summed E-state index contributed by atoms with van der Waals surface area (Å²) >= 11 is 0. The van der Waals surface area contributed by atoms with Crippen LogP contribution in [0.25, 0.3) is 0 Å². The highest BCUT2D eigenvalue weighted by molar-refractivity contribution is 6.70. The van der Waals surface area contributed by atoms with E-state index in [0.717, 1.165) is 6.42 Å². The van der Waals surface area contributed by atoms with E-state index in [1.165, 1.54) is 0 Å². The van der Waals surface area contributed by atoms with Gasteiger partial charge in [0.1, 0.15) is 5.76 Å². The van der Waals surface area contributed by atoms with Crippen LogP contribution in [0.3, 0.4) is 0 Å². The Morgan fingerprint density at radius 2 is 2.00 bits per heavy atom. The van der Waals surface area contributed by atoms with Crippen molar-refractivity contribution in [2.75, 3.05) is 0 Å². The number of rotatable bonds is 3. The molecule has 0 aromatic carbocycles. The first-order chi connectivity index (χ1) is 5.85. The Labute approximate surface area is 83.3 Å². The van der Waals surface area contributed by atoms with Gasteiger partial charge in [-0.1, -0.05) is 19.8 Å². The van der Waals surface area contributed by atoms with Gasteiger partial charge in [-0.25, -0.2) is 0 Å². The molecule has 0 spiro atoms. The molecule has 0 aliphatic rings. The van der Waals surface area contributed by atoms with E-state index in [0.29, 0.717) is 11.7 Å². The van der Waals surface area contributed by atoms with Crippen LogP contribution in [0.2, 0.25) is 19.6 Å². The Kier molecular flexibility index (Phi) is 4.86. The summed E-state index contributed by atoms with van der Waals surface area (Å²) in [5, 5.41) is 0. The molecule has 0 saturated heterocycles. The summed E-state index contributed by atoms with van der Waals surface area (Å²) in [5.74, 6) is 7.12. The molecule has 0 aliphatic carbocycles. The lowest BCUT2D eigenvalue weighted by Gasteiger charge is -2.17. The minimum absolute atomic E-state index is 0.432. The monoisotopic (exact) mass is 196 g/mol. The van der Waals surface area contributed by atoms with Crippen molar-refractivity contribution < 1.29 is 4.43 Å². The zero-order valence-corrected chi connectivity index (χ0v) is 10.4. The fourth-order valence-corrected chi connectivity index (χ4v) is 1.49. The van der Waals surface area contributed by atoms with E-state index >= 15 is 0 Å². The Hall–Kier alpha value is -0.683. The van der Waals surface area contributed by atoms with Crippen LogP contribution in [0.5, 0.6) is 0 Å².